The summed E-state index contributed by atoms with van der Waals surface area (Å²) in [5.41, 5.74) is 0.790. The van der Waals surface area contributed by atoms with Crippen LogP contribution < -0.4 is 0 Å². The molecule has 5 nitrogen and oxygen atoms in total. The molecular formula is C24H25ClFN3O2. The summed E-state index contributed by atoms with van der Waals surface area (Å²) in [6, 6.07) is 13.0. The Kier molecular flexibility index (Phi) is 5.71. The molecule has 0 spiro atoms. The van der Waals surface area contributed by atoms with Crippen LogP contribution in [0.2, 0.25) is 5.02 Å². The number of aromatic amines is 1. The number of carbonyl (C=O) groups is 1. The highest BCUT2D eigenvalue weighted by Gasteiger charge is 2.44. The Morgan fingerprint density at radius 3 is 2.81 bits per heavy atom. The third-order valence-corrected chi connectivity index (χ3v) is 6.51. The normalized spacial score (nSPS) is 20.1. The molecule has 0 radical (unpaired) electrons. The molecular weight excluding hydrogens is 417 g/mol. The second-order valence-corrected chi connectivity index (χ2v) is 9.01. The van der Waals surface area contributed by atoms with Crippen LogP contribution in [0.4, 0.5) is 4.39 Å². The van der Waals surface area contributed by atoms with Crippen molar-refractivity contribution < 1.29 is 13.9 Å². The summed E-state index contributed by atoms with van der Waals surface area (Å²) in [5.74, 6) is -0.0999. The zero-order chi connectivity index (χ0) is 22.2. The molecule has 0 saturated carbocycles. The lowest BCUT2D eigenvalue weighted by Gasteiger charge is -2.27. The standard InChI is InChI=1S/C24H25ClFN3O2/c1-23(2,26)17(16-6-4-5-7-18(16)25)13-21-28-19-9-8-15(12-20(19)29-21)24(22(30)27-3)10-11-31-14-24/h4-9,12,17H,3,10-11,13-14H2,1-2H3,(H,28,29). The molecule has 2 heterocycles. The number of fused-ring (bicyclic) bond motifs is 1. The molecule has 1 amide bonds. The number of hydrogen-bond donors (Lipinski definition) is 1. The van der Waals surface area contributed by atoms with Crippen LogP contribution in [0.1, 0.15) is 43.1 Å². The number of nitrogens with one attached hydrogen (secondary N) is 1. The van der Waals surface area contributed by atoms with Gasteiger partial charge in [0.25, 0.3) is 5.91 Å². The smallest absolute Gasteiger partial charge is 0.258 e. The number of benzene rings is 2. The van der Waals surface area contributed by atoms with Crippen molar-refractivity contribution in [1.29, 1.82) is 0 Å². The van der Waals surface area contributed by atoms with E-state index in [1.54, 1.807) is 19.9 Å². The van der Waals surface area contributed by atoms with Crippen LogP contribution in [0.15, 0.2) is 47.5 Å². The maximum atomic E-state index is 15.1. The van der Waals surface area contributed by atoms with Crippen LogP contribution >= 0.6 is 11.6 Å². The van der Waals surface area contributed by atoms with E-state index < -0.39 is 17.0 Å². The van der Waals surface area contributed by atoms with Crippen molar-refractivity contribution in [3.63, 3.8) is 0 Å². The summed E-state index contributed by atoms with van der Waals surface area (Å²) in [5, 5.41) is 0.537. The van der Waals surface area contributed by atoms with Gasteiger partial charge in [0, 0.05) is 24.0 Å². The molecule has 7 heteroatoms. The molecule has 31 heavy (non-hydrogen) atoms. The van der Waals surface area contributed by atoms with Crippen molar-refractivity contribution >= 4 is 35.3 Å². The second-order valence-electron chi connectivity index (χ2n) is 8.61. The van der Waals surface area contributed by atoms with Gasteiger partial charge in [0.05, 0.1) is 17.6 Å². The zero-order valence-corrected chi connectivity index (χ0v) is 18.4. The molecule has 2 aromatic carbocycles. The number of ether oxygens (including phenoxy) is 1. The fourth-order valence-corrected chi connectivity index (χ4v) is 4.63. The third kappa shape index (κ3) is 4.02. The molecule has 1 fully saturated rings. The van der Waals surface area contributed by atoms with E-state index in [2.05, 4.69) is 21.7 Å². The number of amides is 1. The first kappa shape index (κ1) is 21.7. The Morgan fingerprint density at radius 1 is 1.39 bits per heavy atom. The predicted octanol–water partition coefficient (Wildman–Crippen LogP) is 5.18. The average molecular weight is 442 g/mol. The van der Waals surface area contributed by atoms with Crippen molar-refractivity contribution in [2.75, 3.05) is 13.2 Å². The van der Waals surface area contributed by atoms with Crippen LogP contribution in [-0.2, 0) is 21.4 Å². The number of nitrogens with zero attached hydrogens (tertiary/aromatic N) is 2. The van der Waals surface area contributed by atoms with Gasteiger partial charge in [-0.3, -0.25) is 4.79 Å². The van der Waals surface area contributed by atoms with E-state index in [0.717, 1.165) is 22.2 Å². The van der Waals surface area contributed by atoms with Gasteiger partial charge in [-0.15, -0.1) is 0 Å². The van der Waals surface area contributed by atoms with Gasteiger partial charge in [0.1, 0.15) is 16.9 Å². The third-order valence-electron chi connectivity index (χ3n) is 6.16. The molecule has 1 aromatic heterocycles. The highest BCUT2D eigenvalue weighted by Crippen LogP contribution is 2.39. The van der Waals surface area contributed by atoms with Gasteiger partial charge in [-0.2, -0.15) is 0 Å². The van der Waals surface area contributed by atoms with E-state index in [0.29, 0.717) is 30.3 Å². The Labute approximate surface area is 185 Å². The van der Waals surface area contributed by atoms with Gasteiger partial charge in [-0.1, -0.05) is 35.9 Å². The highest BCUT2D eigenvalue weighted by molar-refractivity contribution is 6.31. The van der Waals surface area contributed by atoms with E-state index >= 15 is 4.39 Å². The molecule has 1 aliphatic rings. The first-order valence-corrected chi connectivity index (χ1v) is 10.6. The lowest BCUT2D eigenvalue weighted by atomic mass is 9.79. The lowest BCUT2D eigenvalue weighted by Crippen LogP contribution is -2.35. The molecule has 4 rings (SSSR count). The number of alkyl halides is 1. The number of carbonyl (C=O) groups excluding carboxylic acids is 1. The lowest BCUT2D eigenvalue weighted by molar-refractivity contribution is -0.123. The summed E-state index contributed by atoms with van der Waals surface area (Å²) in [7, 11) is 0. The molecule has 2 atom stereocenters. The maximum absolute atomic E-state index is 15.1. The molecule has 1 aliphatic heterocycles. The quantitative estimate of drug-likeness (QED) is 0.536. The van der Waals surface area contributed by atoms with Gasteiger partial charge >= 0.3 is 0 Å². The van der Waals surface area contributed by atoms with E-state index in [1.807, 2.05) is 36.4 Å². The zero-order valence-electron chi connectivity index (χ0n) is 17.6. The summed E-state index contributed by atoms with van der Waals surface area (Å²) >= 11 is 6.37. The minimum atomic E-state index is -1.50. The van der Waals surface area contributed by atoms with Crippen molar-refractivity contribution in [3.05, 3.63) is 64.4 Å². The van der Waals surface area contributed by atoms with Gasteiger partial charge < -0.3 is 9.72 Å². The summed E-state index contributed by atoms with van der Waals surface area (Å²) in [4.78, 5) is 24.2. The van der Waals surface area contributed by atoms with Gasteiger partial charge in [-0.05, 0) is 56.3 Å². The second kappa shape index (κ2) is 8.17. The van der Waals surface area contributed by atoms with Crippen LogP contribution in [0.3, 0.4) is 0 Å². The average Bonchev–Trinajstić information content (AvgIpc) is 3.38. The largest absolute Gasteiger partial charge is 0.380 e. The topological polar surface area (TPSA) is 67.3 Å². The monoisotopic (exact) mass is 441 g/mol. The molecule has 162 valence electrons. The van der Waals surface area contributed by atoms with E-state index in [1.165, 1.54) is 0 Å². The SMILES string of the molecule is C=NC(=O)C1(c2ccc3nc(CC(c4ccccc4Cl)C(C)(C)F)[nH]c3c2)CCOC1. The van der Waals surface area contributed by atoms with E-state index in [-0.39, 0.29) is 12.5 Å². The molecule has 1 N–H and O–H groups in total. The fourth-order valence-electron chi connectivity index (χ4n) is 4.37. The van der Waals surface area contributed by atoms with Crippen molar-refractivity contribution in [2.24, 2.45) is 4.99 Å². The Balaban J connectivity index is 1.70. The molecule has 3 aromatic rings. The summed E-state index contributed by atoms with van der Waals surface area (Å²) in [6.07, 6.45) is 0.917. The van der Waals surface area contributed by atoms with Gasteiger partial charge in [0.15, 0.2) is 0 Å². The van der Waals surface area contributed by atoms with Crippen molar-refractivity contribution in [3.8, 4) is 0 Å². The summed E-state index contributed by atoms with van der Waals surface area (Å²) < 4.78 is 20.7. The number of aromatic nitrogens is 2. The van der Waals surface area contributed by atoms with Crippen molar-refractivity contribution in [1.82, 2.24) is 9.97 Å². The van der Waals surface area contributed by atoms with Crippen LogP contribution in [0.25, 0.3) is 11.0 Å². The molecule has 2 unspecified atom stereocenters. The number of aliphatic imine (C=N–C) groups is 1. The fraction of sp³-hybridized carbons (Fsp3) is 0.375. The van der Waals surface area contributed by atoms with Gasteiger partial charge in [0.2, 0.25) is 0 Å². The molecule has 0 aliphatic carbocycles. The van der Waals surface area contributed by atoms with E-state index in [4.69, 9.17) is 16.3 Å². The number of imidazole rings is 1. The number of rotatable bonds is 6. The van der Waals surface area contributed by atoms with Crippen LogP contribution in [-0.4, -0.2) is 41.5 Å². The first-order valence-electron chi connectivity index (χ1n) is 10.3. The van der Waals surface area contributed by atoms with Gasteiger partial charge in [-0.25, -0.2) is 14.4 Å². The number of hydrogen-bond acceptors (Lipinski definition) is 3. The molecule has 0 bridgehead atoms. The van der Waals surface area contributed by atoms with Crippen LogP contribution in [0.5, 0.6) is 0 Å². The number of H-pyrrole nitrogens is 1. The first-order chi connectivity index (χ1) is 14.7. The Morgan fingerprint density at radius 2 is 2.16 bits per heavy atom. The maximum Gasteiger partial charge on any atom is 0.258 e. The number of halogens is 2. The van der Waals surface area contributed by atoms with Crippen molar-refractivity contribution in [2.45, 2.75) is 43.7 Å². The van der Waals surface area contributed by atoms with E-state index in [9.17, 15) is 4.79 Å². The Hall–Kier alpha value is -2.57. The van der Waals surface area contributed by atoms with Crippen LogP contribution in [0, 0.1) is 0 Å². The Bertz CT molecular complexity index is 1130. The highest BCUT2D eigenvalue weighted by atomic mass is 35.5. The minimum absolute atomic E-state index is 0.280. The predicted molar refractivity (Wildman–Crippen MR) is 121 cm³/mol. The minimum Gasteiger partial charge on any atom is -0.380 e. The summed E-state index contributed by atoms with van der Waals surface area (Å²) in [6.45, 7) is 7.30. The molecule has 1 saturated heterocycles.